The zero-order valence-corrected chi connectivity index (χ0v) is 14.4. The van der Waals surface area contributed by atoms with Crippen molar-refractivity contribution >= 4 is 0 Å². The molecule has 0 aliphatic carbocycles. The van der Waals surface area contributed by atoms with Gasteiger partial charge in [-0.15, -0.1) is 0 Å². The summed E-state index contributed by atoms with van der Waals surface area (Å²) in [6.45, 7) is 1.61. The Morgan fingerprint density at radius 2 is 1.83 bits per heavy atom. The molecule has 0 amide bonds. The van der Waals surface area contributed by atoms with Gasteiger partial charge in [0.05, 0.1) is 0 Å². The summed E-state index contributed by atoms with van der Waals surface area (Å²) in [5.74, 6) is 0. The van der Waals surface area contributed by atoms with Gasteiger partial charge in [-0.25, -0.2) is 4.79 Å². The number of piperidine rings is 1. The van der Waals surface area contributed by atoms with Gasteiger partial charge in [-0.1, -0.05) is 36.8 Å². The van der Waals surface area contributed by atoms with E-state index in [1.165, 1.54) is 21.1 Å². The molecule has 1 fully saturated rings. The Hall–Kier alpha value is -2.14. The van der Waals surface area contributed by atoms with Gasteiger partial charge in [0.2, 0.25) is 0 Å². The first-order chi connectivity index (χ1) is 11.6. The molecule has 1 aromatic carbocycles. The number of likely N-dealkylation sites (tertiary alicyclic amines) is 1. The maximum absolute atomic E-state index is 12.4. The summed E-state index contributed by atoms with van der Waals surface area (Å²) >= 11 is 0. The van der Waals surface area contributed by atoms with E-state index in [9.17, 15) is 9.59 Å². The number of benzene rings is 1. The SMILES string of the molecule is Cn1cc(CN2CCCC[C@H]2Cc2ccccc2)c(=O)n(C)c1=O. The summed E-state index contributed by atoms with van der Waals surface area (Å²) in [6.07, 6.45) is 6.25. The Morgan fingerprint density at radius 1 is 1.08 bits per heavy atom. The molecule has 0 N–H and O–H groups in total. The summed E-state index contributed by atoms with van der Waals surface area (Å²) in [5, 5.41) is 0. The van der Waals surface area contributed by atoms with Crippen LogP contribution in [0.5, 0.6) is 0 Å². The predicted octanol–water partition coefficient (Wildman–Crippen LogP) is 1.68. The van der Waals surface area contributed by atoms with Gasteiger partial charge < -0.3 is 4.57 Å². The minimum absolute atomic E-state index is 0.179. The third kappa shape index (κ3) is 3.51. The van der Waals surface area contributed by atoms with Crippen LogP contribution in [0.25, 0.3) is 0 Å². The van der Waals surface area contributed by atoms with Crippen molar-refractivity contribution in [3.8, 4) is 0 Å². The second-order valence-electron chi connectivity index (χ2n) is 6.72. The average molecular weight is 327 g/mol. The van der Waals surface area contributed by atoms with E-state index in [4.69, 9.17) is 0 Å². The Kier molecular flexibility index (Phi) is 5.00. The van der Waals surface area contributed by atoms with Gasteiger partial charge in [-0.2, -0.15) is 0 Å². The highest BCUT2D eigenvalue weighted by molar-refractivity contribution is 5.16. The molecule has 5 heteroatoms. The Balaban J connectivity index is 1.82. The molecule has 0 bridgehead atoms. The van der Waals surface area contributed by atoms with Crippen molar-refractivity contribution in [2.24, 2.45) is 14.1 Å². The van der Waals surface area contributed by atoms with Crippen LogP contribution in [0.4, 0.5) is 0 Å². The minimum Gasteiger partial charge on any atom is -0.303 e. The summed E-state index contributed by atoms with van der Waals surface area (Å²) in [4.78, 5) is 26.7. The Labute approximate surface area is 142 Å². The molecule has 1 atom stereocenters. The molecule has 1 aromatic heterocycles. The molecule has 24 heavy (non-hydrogen) atoms. The summed E-state index contributed by atoms with van der Waals surface area (Å²) in [7, 11) is 3.24. The molecular formula is C19H25N3O2. The van der Waals surface area contributed by atoms with Crippen molar-refractivity contribution in [1.29, 1.82) is 0 Å². The molecule has 1 aliphatic rings. The maximum Gasteiger partial charge on any atom is 0.330 e. The molecule has 2 aromatic rings. The van der Waals surface area contributed by atoms with Crippen LogP contribution in [0.1, 0.15) is 30.4 Å². The number of hydrogen-bond donors (Lipinski definition) is 0. The van der Waals surface area contributed by atoms with Gasteiger partial charge in [0.25, 0.3) is 5.56 Å². The van der Waals surface area contributed by atoms with Crippen LogP contribution in [-0.4, -0.2) is 26.6 Å². The summed E-state index contributed by atoms with van der Waals surface area (Å²) in [6, 6.07) is 11.0. The van der Waals surface area contributed by atoms with Crippen LogP contribution in [0, 0.1) is 0 Å². The fraction of sp³-hybridized carbons (Fsp3) is 0.474. The van der Waals surface area contributed by atoms with Gasteiger partial charge in [0.1, 0.15) is 0 Å². The van der Waals surface area contributed by atoms with Crippen molar-refractivity contribution < 1.29 is 0 Å². The normalized spacial score (nSPS) is 18.7. The molecule has 0 saturated carbocycles. The Bertz CT molecular complexity index is 808. The van der Waals surface area contributed by atoms with Crippen LogP contribution in [0.15, 0.2) is 46.1 Å². The van der Waals surface area contributed by atoms with E-state index in [1.54, 1.807) is 20.3 Å². The molecule has 1 aliphatic heterocycles. The first-order valence-electron chi connectivity index (χ1n) is 8.60. The summed E-state index contributed by atoms with van der Waals surface area (Å²) in [5.41, 5.74) is 1.58. The van der Waals surface area contributed by atoms with Gasteiger partial charge in [0, 0.05) is 38.4 Å². The van der Waals surface area contributed by atoms with Gasteiger partial charge in [-0.05, 0) is 31.4 Å². The van der Waals surface area contributed by atoms with E-state index in [-0.39, 0.29) is 11.2 Å². The van der Waals surface area contributed by atoms with Gasteiger partial charge >= 0.3 is 5.69 Å². The smallest absolute Gasteiger partial charge is 0.303 e. The largest absolute Gasteiger partial charge is 0.330 e. The molecule has 3 rings (SSSR count). The second kappa shape index (κ2) is 7.18. The number of aromatic nitrogens is 2. The Morgan fingerprint density at radius 3 is 2.58 bits per heavy atom. The zero-order valence-electron chi connectivity index (χ0n) is 14.4. The maximum atomic E-state index is 12.4. The van der Waals surface area contributed by atoms with E-state index in [2.05, 4.69) is 29.2 Å². The molecule has 5 nitrogen and oxygen atoms in total. The second-order valence-corrected chi connectivity index (χ2v) is 6.72. The van der Waals surface area contributed by atoms with E-state index in [1.807, 2.05) is 6.07 Å². The van der Waals surface area contributed by atoms with Crippen molar-refractivity contribution in [2.45, 2.75) is 38.3 Å². The lowest BCUT2D eigenvalue weighted by molar-refractivity contribution is 0.138. The highest BCUT2D eigenvalue weighted by Crippen LogP contribution is 2.22. The lowest BCUT2D eigenvalue weighted by Gasteiger charge is -2.35. The van der Waals surface area contributed by atoms with Crippen molar-refractivity contribution in [3.63, 3.8) is 0 Å². The lowest BCUT2D eigenvalue weighted by Crippen LogP contribution is -2.44. The van der Waals surface area contributed by atoms with E-state index >= 15 is 0 Å². The number of aryl methyl sites for hydroxylation is 1. The minimum atomic E-state index is -0.275. The molecule has 0 unspecified atom stereocenters. The molecular weight excluding hydrogens is 302 g/mol. The summed E-state index contributed by atoms with van der Waals surface area (Å²) < 4.78 is 2.69. The topological polar surface area (TPSA) is 47.2 Å². The molecule has 1 saturated heterocycles. The first kappa shape index (κ1) is 16.7. The van der Waals surface area contributed by atoms with E-state index in [0.717, 1.165) is 25.8 Å². The lowest BCUT2D eigenvalue weighted by atomic mass is 9.95. The van der Waals surface area contributed by atoms with Crippen LogP contribution >= 0.6 is 0 Å². The highest BCUT2D eigenvalue weighted by atomic mass is 16.2. The zero-order chi connectivity index (χ0) is 17.1. The fourth-order valence-electron chi connectivity index (χ4n) is 3.60. The molecule has 0 radical (unpaired) electrons. The van der Waals surface area contributed by atoms with Crippen LogP contribution < -0.4 is 11.2 Å². The van der Waals surface area contributed by atoms with E-state index in [0.29, 0.717) is 18.2 Å². The van der Waals surface area contributed by atoms with Crippen LogP contribution in [0.2, 0.25) is 0 Å². The number of rotatable bonds is 4. The highest BCUT2D eigenvalue weighted by Gasteiger charge is 2.24. The van der Waals surface area contributed by atoms with Crippen LogP contribution in [0.3, 0.4) is 0 Å². The first-order valence-corrected chi connectivity index (χ1v) is 8.60. The molecule has 128 valence electrons. The van der Waals surface area contributed by atoms with Crippen molar-refractivity contribution in [1.82, 2.24) is 14.0 Å². The van der Waals surface area contributed by atoms with E-state index < -0.39 is 0 Å². The van der Waals surface area contributed by atoms with Gasteiger partial charge in [-0.3, -0.25) is 14.3 Å². The number of nitrogens with zero attached hydrogens (tertiary/aromatic N) is 3. The van der Waals surface area contributed by atoms with Crippen molar-refractivity contribution in [3.05, 3.63) is 68.5 Å². The standard InChI is InChI=1S/C19H25N3O2/c1-20-13-16(18(23)21(2)19(20)24)14-22-11-7-6-10-17(22)12-15-8-4-3-5-9-15/h3-5,8-9,13,17H,6-7,10-12,14H2,1-2H3/t17-/m0/s1. The fourth-order valence-corrected chi connectivity index (χ4v) is 3.60. The molecule has 2 heterocycles. The number of hydrogen-bond acceptors (Lipinski definition) is 3. The van der Waals surface area contributed by atoms with Crippen LogP contribution in [-0.2, 0) is 27.1 Å². The monoisotopic (exact) mass is 327 g/mol. The predicted molar refractivity (Wildman–Crippen MR) is 95.1 cm³/mol. The van der Waals surface area contributed by atoms with Gasteiger partial charge in [0.15, 0.2) is 0 Å². The quantitative estimate of drug-likeness (QED) is 0.858. The third-order valence-electron chi connectivity index (χ3n) is 4.95. The third-order valence-corrected chi connectivity index (χ3v) is 4.95. The average Bonchev–Trinajstić information content (AvgIpc) is 2.60. The van der Waals surface area contributed by atoms with Crippen molar-refractivity contribution in [2.75, 3.05) is 6.54 Å². The molecule has 0 spiro atoms.